The highest BCUT2D eigenvalue weighted by Gasteiger charge is 2.19. The Morgan fingerprint density at radius 2 is 1.84 bits per heavy atom. The van der Waals surface area contributed by atoms with E-state index in [4.69, 9.17) is 4.98 Å². The van der Waals surface area contributed by atoms with E-state index in [9.17, 15) is 5.26 Å². The molecule has 2 heterocycles. The van der Waals surface area contributed by atoms with Crippen molar-refractivity contribution in [2.24, 2.45) is 0 Å². The summed E-state index contributed by atoms with van der Waals surface area (Å²) in [6.07, 6.45) is 5.67. The van der Waals surface area contributed by atoms with Crippen LogP contribution in [-0.4, -0.2) is 9.55 Å². The van der Waals surface area contributed by atoms with E-state index in [-0.39, 0.29) is 0 Å². The molecule has 2 aromatic heterocycles. The monoisotopic (exact) mass is 499 g/mol. The summed E-state index contributed by atoms with van der Waals surface area (Å²) < 4.78 is 2.42. The molecule has 0 fully saturated rings. The summed E-state index contributed by atoms with van der Waals surface area (Å²) in [6, 6.07) is 26.5. The number of aryl methyl sites for hydroxylation is 4. The van der Waals surface area contributed by atoms with Crippen molar-refractivity contribution < 1.29 is 0 Å². The Morgan fingerprint density at radius 3 is 2.65 bits per heavy atom. The minimum absolute atomic E-state index is 0.788. The molecule has 0 saturated carbocycles. The number of nitrogens with zero attached hydrogens (tertiary/aromatic N) is 3. The molecule has 0 amide bonds. The molecular weight excluding hydrogens is 470 g/mol. The molecule has 0 aliphatic heterocycles. The SMILES string of the molecule is CCCc1nc2c(C)cc(-c3cccs3)cc2n1Cc1ccc2c(c1)CCc1ccccc1/C2=C\C#N. The zero-order chi connectivity index (χ0) is 25.4. The van der Waals surface area contributed by atoms with Crippen LogP contribution in [0.2, 0.25) is 0 Å². The Hall–Kier alpha value is -3.94. The highest BCUT2D eigenvalue weighted by molar-refractivity contribution is 7.13. The van der Waals surface area contributed by atoms with Crippen LogP contribution >= 0.6 is 11.3 Å². The lowest BCUT2D eigenvalue weighted by molar-refractivity contribution is 0.721. The Balaban J connectivity index is 1.44. The summed E-state index contributed by atoms with van der Waals surface area (Å²) in [7, 11) is 0. The van der Waals surface area contributed by atoms with E-state index in [0.717, 1.165) is 49.1 Å². The van der Waals surface area contributed by atoms with Crippen LogP contribution in [0.15, 0.2) is 78.2 Å². The van der Waals surface area contributed by atoms with Gasteiger partial charge in [0.2, 0.25) is 0 Å². The molecule has 0 N–H and O–H groups in total. The van der Waals surface area contributed by atoms with Gasteiger partial charge in [-0.15, -0.1) is 11.3 Å². The number of nitriles is 1. The second-order valence-electron chi connectivity index (χ2n) is 9.84. The molecule has 0 saturated heterocycles. The van der Waals surface area contributed by atoms with Crippen LogP contribution in [0.5, 0.6) is 0 Å². The topological polar surface area (TPSA) is 41.6 Å². The largest absolute Gasteiger partial charge is 0.323 e. The van der Waals surface area contributed by atoms with Gasteiger partial charge in [0, 0.05) is 23.9 Å². The molecule has 0 bridgehead atoms. The average molecular weight is 500 g/mol. The summed E-state index contributed by atoms with van der Waals surface area (Å²) in [5, 5.41) is 11.7. The number of fused-ring (bicyclic) bond motifs is 3. The average Bonchev–Trinajstić information content (AvgIpc) is 3.53. The standard InChI is InChI=1S/C33H29N3S/c1-3-7-32-35-33-22(2)18-26(31-10-6-17-37-31)20-30(33)36(32)21-23-11-14-28-25(19-23)13-12-24-8-4-5-9-27(24)29(28)15-16-34/h4-6,8-11,14-15,17-20H,3,7,12-13,21H2,1-2H3/b29-15+. The van der Waals surface area contributed by atoms with E-state index in [2.05, 4.69) is 96.6 Å². The van der Waals surface area contributed by atoms with Crippen LogP contribution < -0.4 is 0 Å². The first-order chi connectivity index (χ1) is 18.2. The maximum Gasteiger partial charge on any atom is 0.110 e. The quantitative estimate of drug-likeness (QED) is 0.229. The van der Waals surface area contributed by atoms with Crippen molar-refractivity contribution in [3.05, 3.63) is 117 Å². The third-order valence-corrected chi connectivity index (χ3v) is 8.30. The van der Waals surface area contributed by atoms with Crippen LogP contribution in [0.3, 0.4) is 0 Å². The van der Waals surface area contributed by atoms with Crippen molar-refractivity contribution in [1.29, 1.82) is 5.26 Å². The lowest BCUT2D eigenvalue weighted by atomic mass is 9.93. The van der Waals surface area contributed by atoms with Gasteiger partial charge in [-0.1, -0.05) is 55.5 Å². The molecule has 0 spiro atoms. The zero-order valence-electron chi connectivity index (χ0n) is 21.3. The first kappa shape index (κ1) is 23.5. The smallest absolute Gasteiger partial charge is 0.110 e. The third-order valence-electron chi connectivity index (χ3n) is 7.38. The summed E-state index contributed by atoms with van der Waals surface area (Å²) in [4.78, 5) is 6.40. The lowest BCUT2D eigenvalue weighted by Gasteiger charge is -2.14. The van der Waals surface area contributed by atoms with E-state index < -0.39 is 0 Å². The predicted octanol–water partition coefficient (Wildman–Crippen LogP) is 8.13. The van der Waals surface area contributed by atoms with Crippen molar-refractivity contribution in [3.8, 4) is 16.5 Å². The van der Waals surface area contributed by atoms with Crippen LogP contribution in [0.4, 0.5) is 0 Å². The van der Waals surface area contributed by atoms with Crippen molar-refractivity contribution in [1.82, 2.24) is 9.55 Å². The fraction of sp³-hybridized carbons (Fsp3) is 0.212. The maximum absolute atomic E-state index is 9.55. The van der Waals surface area contributed by atoms with Gasteiger partial charge >= 0.3 is 0 Å². The minimum atomic E-state index is 0.788. The van der Waals surface area contributed by atoms with Gasteiger partial charge in [-0.3, -0.25) is 0 Å². The van der Waals surface area contributed by atoms with Crippen LogP contribution in [0.1, 0.15) is 52.5 Å². The zero-order valence-corrected chi connectivity index (χ0v) is 22.1. The summed E-state index contributed by atoms with van der Waals surface area (Å²) in [5.41, 5.74) is 12.1. The third kappa shape index (κ3) is 4.30. The van der Waals surface area contributed by atoms with E-state index in [1.807, 2.05) is 0 Å². The summed E-state index contributed by atoms with van der Waals surface area (Å²) >= 11 is 1.78. The molecule has 1 aliphatic rings. The minimum Gasteiger partial charge on any atom is -0.323 e. The Labute approximate surface area is 222 Å². The van der Waals surface area contributed by atoms with Gasteiger partial charge in [0.05, 0.1) is 17.1 Å². The molecule has 4 heteroatoms. The van der Waals surface area contributed by atoms with Crippen molar-refractivity contribution >= 4 is 27.9 Å². The lowest BCUT2D eigenvalue weighted by Crippen LogP contribution is -2.06. The number of imidazole rings is 1. The Bertz CT molecular complexity index is 1680. The molecule has 182 valence electrons. The summed E-state index contributed by atoms with van der Waals surface area (Å²) in [6.45, 7) is 5.18. The molecule has 1 aliphatic carbocycles. The van der Waals surface area contributed by atoms with E-state index in [1.165, 1.54) is 49.3 Å². The van der Waals surface area contributed by atoms with Gasteiger partial charge in [0.1, 0.15) is 5.82 Å². The predicted molar refractivity (Wildman–Crippen MR) is 154 cm³/mol. The van der Waals surface area contributed by atoms with Crippen molar-refractivity contribution in [2.45, 2.75) is 46.1 Å². The highest BCUT2D eigenvalue weighted by atomic mass is 32.1. The molecule has 3 nitrogen and oxygen atoms in total. The normalized spacial score (nSPS) is 13.8. The van der Waals surface area contributed by atoms with Crippen LogP contribution in [0, 0.1) is 18.3 Å². The molecule has 0 radical (unpaired) electrons. The fourth-order valence-corrected chi connectivity index (χ4v) is 6.36. The van der Waals surface area contributed by atoms with E-state index in [1.54, 1.807) is 17.4 Å². The van der Waals surface area contributed by atoms with Gasteiger partial charge in [0.25, 0.3) is 0 Å². The first-order valence-electron chi connectivity index (χ1n) is 13.0. The van der Waals surface area contributed by atoms with Gasteiger partial charge < -0.3 is 4.57 Å². The number of hydrogen-bond acceptors (Lipinski definition) is 3. The molecule has 37 heavy (non-hydrogen) atoms. The van der Waals surface area contributed by atoms with Gasteiger partial charge in [-0.2, -0.15) is 5.26 Å². The first-order valence-corrected chi connectivity index (χ1v) is 13.9. The second kappa shape index (κ2) is 9.84. The number of thiophene rings is 1. The number of hydrogen-bond donors (Lipinski definition) is 0. The number of benzene rings is 3. The second-order valence-corrected chi connectivity index (χ2v) is 10.8. The summed E-state index contributed by atoms with van der Waals surface area (Å²) in [5.74, 6) is 1.15. The van der Waals surface area contributed by atoms with Gasteiger partial charge in [-0.05, 0) is 94.3 Å². The fourth-order valence-electron chi connectivity index (χ4n) is 5.65. The molecule has 5 aromatic rings. The molecule has 0 unspecified atom stereocenters. The van der Waals surface area contributed by atoms with Crippen LogP contribution in [0.25, 0.3) is 27.0 Å². The molecular formula is C33H29N3S. The van der Waals surface area contributed by atoms with E-state index >= 15 is 0 Å². The van der Waals surface area contributed by atoms with E-state index in [0.29, 0.717) is 0 Å². The molecule has 3 aromatic carbocycles. The number of aromatic nitrogens is 2. The Kier molecular flexibility index (Phi) is 6.24. The number of rotatable bonds is 5. The van der Waals surface area contributed by atoms with Crippen molar-refractivity contribution in [3.63, 3.8) is 0 Å². The molecule has 0 atom stereocenters. The highest BCUT2D eigenvalue weighted by Crippen LogP contribution is 2.35. The van der Waals surface area contributed by atoms with Crippen LogP contribution in [-0.2, 0) is 25.8 Å². The van der Waals surface area contributed by atoms with Crippen molar-refractivity contribution in [2.75, 3.05) is 0 Å². The molecule has 6 rings (SSSR count). The van der Waals surface area contributed by atoms with Gasteiger partial charge in [-0.25, -0.2) is 4.98 Å². The Morgan fingerprint density at radius 1 is 1.00 bits per heavy atom. The maximum atomic E-state index is 9.55. The van der Waals surface area contributed by atoms with Gasteiger partial charge in [0.15, 0.2) is 0 Å². The number of allylic oxidation sites excluding steroid dienone is 1.